The van der Waals surface area contributed by atoms with Crippen molar-refractivity contribution in [3.63, 3.8) is 0 Å². The standard InChI is InChI=1S/C56H60N4O4S/c1-53(2,3)39-17-29-45(30-18-39)57(46-31-19-40(20-32-46)54(4,5)6)43-25-13-37(14-26-43)51-49(59(61)62)50(60(63)64)52(65-51)38-15-27-44(28-16-38)58(47-33-21-41(22-34-47)55(7,8)9)48-35-23-42(24-36-48)56(10,11)12/h13-36H,1-12H3. The van der Waals surface area contributed by atoms with Crippen molar-refractivity contribution in [2.24, 2.45) is 0 Å². The van der Waals surface area contributed by atoms with Gasteiger partial charge in [-0.15, -0.1) is 11.3 Å². The van der Waals surface area contributed by atoms with Gasteiger partial charge >= 0.3 is 11.4 Å². The molecule has 8 nitrogen and oxygen atoms in total. The summed E-state index contributed by atoms with van der Waals surface area (Å²) in [6.07, 6.45) is 0. The third kappa shape index (κ3) is 9.91. The van der Waals surface area contributed by atoms with E-state index in [1.54, 1.807) is 0 Å². The van der Waals surface area contributed by atoms with Crippen LogP contribution in [0.3, 0.4) is 0 Å². The Labute approximate surface area is 388 Å². The lowest BCUT2D eigenvalue weighted by molar-refractivity contribution is -0.420. The molecule has 0 aliphatic carbocycles. The Morgan fingerprint density at radius 3 is 0.692 bits per heavy atom. The van der Waals surface area contributed by atoms with E-state index >= 15 is 0 Å². The molecule has 0 aliphatic rings. The lowest BCUT2D eigenvalue weighted by atomic mass is 9.86. The van der Waals surface area contributed by atoms with Gasteiger partial charge in [-0.05, 0) is 128 Å². The van der Waals surface area contributed by atoms with Crippen molar-refractivity contribution in [3.8, 4) is 20.9 Å². The molecule has 0 unspecified atom stereocenters. The van der Waals surface area contributed by atoms with Crippen LogP contribution in [0, 0.1) is 20.2 Å². The number of nitrogens with zero attached hydrogens (tertiary/aromatic N) is 4. The van der Waals surface area contributed by atoms with Crippen LogP contribution in [-0.2, 0) is 21.7 Å². The topological polar surface area (TPSA) is 92.8 Å². The fourth-order valence-electron chi connectivity index (χ4n) is 8.00. The molecule has 0 spiro atoms. The predicted octanol–water partition coefficient (Wildman–Crippen LogP) is 17.0. The number of thiophene rings is 1. The van der Waals surface area contributed by atoms with E-state index in [0.717, 1.165) is 45.5 Å². The zero-order valence-electron chi connectivity index (χ0n) is 39.7. The van der Waals surface area contributed by atoms with Crippen molar-refractivity contribution in [2.45, 2.75) is 105 Å². The van der Waals surface area contributed by atoms with Gasteiger partial charge in [0, 0.05) is 34.1 Å². The largest absolute Gasteiger partial charge is 0.365 e. The lowest BCUT2D eigenvalue weighted by Gasteiger charge is -2.28. The second-order valence-electron chi connectivity index (χ2n) is 20.9. The number of rotatable bonds is 10. The van der Waals surface area contributed by atoms with Crippen molar-refractivity contribution < 1.29 is 9.85 Å². The maximum atomic E-state index is 12.8. The molecule has 0 saturated heterocycles. The van der Waals surface area contributed by atoms with E-state index in [2.05, 4.69) is 190 Å². The zero-order chi connectivity index (χ0) is 47.2. The average molecular weight is 885 g/mol. The molecule has 7 aromatic rings. The molecule has 0 aliphatic heterocycles. The molecule has 7 rings (SSSR count). The maximum Gasteiger partial charge on any atom is 0.365 e. The first-order valence-corrected chi connectivity index (χ1v) is 22.9. The molecule has 9 heteroatoms. The smallest absolute Gasteiger partial charge is 0.311 e. The lowest BCUT2D eigenvalue weighted by Crippen LogP contribution is -2.14. The minimum absolute atomic E-state index is 0.0174. The van der Waals surface area contributed by atoms with Crippen LogP contribution in [0.25, 0.3) is 20.9 Å². The second kappa shape index (κ2) is 17.4. The fourth-order valence-corrected chi connectivity index (χ4v) is 9.25. The summed E-state index contributed by atoms with van der Waals surface area (Å²) in [7, 11) is 0. The van der Waals surface area contributed by atoms with Crippen LogP contribution in [0.2, 0.25) is 0 Å². The normalized spacial score (nSPS) is 12.2. The summed E-state index contributed by atoms with van der Waals surface area (Å²) in [5, 5.41) is 25.7. The molecule has 6 aromatic carbocycles. The van der Waals surface area contributed by atoms with E-state index in [-0.39, 0.29) is 31.4 Å². The van der Waals surface area contributed by atoms with Crippen LogP contribution >= 0.6 is 11.3 Å². The van der Waals surface area contributed by atoms with E-state index < -0.39 is 21.2 Å². The summed E-state index contributed by atoms with van der Waals surface area (Å²) >= 11 is 1.07. The Morgan fingerprint density at radius 1 is 0.338 bits per heavy atom. The molecular weight excluding hydrogens is 825 g/mol. The molecule has 0 fully saturated rings. The third-order valence-electron chi connectivity index (χ3n) is 12.0. The molecule has 0 N–H and O–H groups in total. The Morgan fingerprint density at radius 2 is 0.523 bits per heavy atom. The summed E-state index contributed by atoms with van der Waals surface area (Å²) in [4.78, 5) is 29.2. The highest BCUT2D eigenvalue weighted by atomic mass is 32.1. The fraction of sp³-hybridized carbons (Fsp3) is 0.286. The molecule has 1 aromatic heterocycles. The highest BCUT2D eigenvalue weighted by Crippen LogP contribution is 2.52. The third-order valence-corrected chi connectivity index (χ3v) is 13.2. The number of hydrogen-bond donors (Lipinski definition) is 0. The minimum atomic E-state index is -0.625. The quantitative estimate of drug-likeness (QED) is 0.100. The van der Waals surface area contributed by atoms with Gasteiger partial charge in [0.2, 0.25) is 0 Å². The van der Waals surface area contributed by atoms with Crippen LogP contribution in [0.4, 0.5) is 45.5 Å². The molecule has 1 heterocycles. The van der Waals surface area contributed by atoms with Gasteiger partial charge in [-0.25, -0.2) is 0 Å². The van der Waals surface area contributed by atoms with E-state index in [4.69, 9.17) is 0 Å². The maximum absolute atomic E-state index is 12.8. The van der Waals surface area contributed by atoms with E-state index in [1.807, 2.05) is 48.5 Å². The van der Waals surface area contributed by atoms with Gasteiger partial charge in [-0.1, -0.05) is 156 Å². The van der Waals surface area contributed by atoms with Crippen molar-refractivity contribution >= 4 is 56.8 Å². The van der Waals surface area contributed by atoms with Gasteiger partial charge in [0.1, 0.15) is 9.75 Å². The predicted molar refractivity (Wildman–Crippen MR) is 273 cm³/mol. The Balaban J connectivity index is 1.28. The molecule has 334 valence electrons. The summed E-state index contributed by atoms with van der Waals surface area (Å²) in [6, 6.07) is 49.0. The highest BCUT2D eigenvalue weighted by Gasteiger charge is 2.38. The Hall–Kier alpha value is -6.58. The highest BCUT2D eigenvalue weighted by molar-refractivity contribution is 7.20. The molecule has 0 amide bonds. The molecule has 0 saturated carbocycles. The summed E-state index contributed by atoms with van der Waals surface area (Å²) < 4.78 is 0. The van der Waals surface area contributed by atoms with Crippen LogP contribution in [0.1, 0.15) is 105 Å². The molecule has 0 atom stereocenters. The molecule has 0 radical (unpaired) electrons. The number of anilines is 6. The second-order valence-corrected chi connectivity index (χ2v) is 21.9. The SMILES string of the molecule is CC(C)(C)c1ccc(N(c2ccc(-c3sc(-c4ccc(N(c5ccc(C(C)(C)C)cc5)c5ccc(C(C)(C)C)cc5)cc4)c([N+](=O)[O-])c3[N+](=O)[O-])cc2)c2ccc(C(C)(C)C)cc2)cc1. The van der Waals surface area contributed by atoms with Gasteiger partial charge in [-0.2, -0.15) is 0 Å². The van der Waals surface area contributed by atoms with Crippen molar-refractivity contribution in [3.05, 3.63) is 188 Å². The van der Waals surface area contributed by atoms with Gasteiger partial charge in [0.15, 0.2) is 0 Å². The van der Waals surface area contributed by atoms with E-state index in [1.165, 1.54) is 22.3 Å². The molecule has 65 heavy (non-hydrogen) atoms. The van der Waals surface area contributed by atoms with Gasteiger partial charge in [0.05, 0.1) is 9.85 Å². The first-order chi connectivity index (χ1) is 30.4. The van der Waals surface area contributed by atoms with Crippen LogP contribution < -0.4 is 9.80 Å². The van der Waals surface area contributed by atoms with Crippen LogP contribution in [-0.4, -0.2) is 9.85 Å². The zero-order valence-corrected chi connectivity index (χ0v) is 40.5. The summed E-state index contributed by atoms with van der Waals surface area (Å²) in [5.41, 5.74) is 10.3. The van der Waals surface area contributed by atoms with Crippen molar-refractivity contribution in [2.75, 3.05) is 9.80 Å². The minimum Gasteiger partial charge on any atom is -0.311 e. The van der Waals surface area contributed by atoms with E-state index in [9.17, 15) is 20.2 Å². The summed E-state index contributed by atoms with van der Waals surface area (Å²) in [6.45, 7) is 26.3. The summed E-state index contributed by atoms with van der Waals surface area (Å²) in [5.74, 6) is 0. The molecule has 0 bridgehead atoms. The van der Waals surface area contributed by atoms with Gasteiger partial charge < -0.3 is 9.80 Å². The Bertz CT molecular complexity index is 2490. The van der Waals surface area contributed by atoms with Crippen LogP contribution in [0.5, 0.6) is 0 Å². The number of nitro groups is 2. The van der Waals surface area contributed by atoms with Crippen molar-refractivity contribution in [1.29, 1.82) is 0 Å². The van der Waals surface area contributed by atoms with Gasteiger partial charge in [-0.3, -0.25) is 20.2 Å². The first kappa shape index (κ1) is 46.4. The van der Waals surface area contributed by atoms with Crippen LogP contribution in [0.15, 0.2) is 146 Å². The number of hydrogen-bond acceptors (Lipinski definition) is 7. The average Bonchev–Trinajstić information content (AvgIpc) is 3.66. The monoisotopic (exact) mass is 884 g/mol. The van der Waals surface area contributed by atoms with E-state index in [0.29, 0.717) is 11.1 Å². The molecular formula is C56H60N4O4S. The first-order valence-electron chi connectivity index (χ1n) is 22.1. The Kier molecular flexibility index (Phi) is 12.4. The number of benzene rings is 6. The van der Waals surface area contributed by atoms with Gasteiger partial charge in [0.25, 0.3) is 0 Å². The van der Waals surface area contributed by atoms with Crippen molar-refractivity contribution in [1.82, 2.24) is 0 Å².